The molecule has 0 spiro atoms. The van der Waals surface area contributed by atoms with Crippen LogP contribution in [0.2, 0.25) is 0 Å². The van der Waals surface area contributed by atoms with Crippen molar-refractivity contribution >= 4 is 23.6 Å². The van der Waals surface area contributed by atoms with Crippen molar-refractivity contribution in [3.63, 3.8) is 0 Å². The highest BCUT2D eigenvalue weighted by Crippen LogP contribution is 2.12. The van der Waals surface area contributed by atoms with Crippen molar-refractivity contribution in [2.75, 3.05) is 12.4 Å². The van der Waals surface area contributed by atoms with Gasteiger partial charge in [0.15, 0.2) is 0 Å². The molecular formula is C17H14FNO3. The molecule has 1 amide bonds. The van der Waals surface area contributed by atoms with E-state index in [-0.39, 0.29) is 0 Å². The van der Waals surface area contributed by atoms with Crippen molar-refractivity contribution in [3.05, 3.63) is 71.6 Å². The minimum Gasteiger partial charge on any atom is -0.465 e. The third-order valence-electron chi connectivity index (χ3n) is 2.87. The van der Waals surface area contributed by atoms with Crippen LogP contribution in [0.4, 0.5) is 10.1 Å². The summed E-state index contributed by atoms with van der Waals surface area (Å²) in [6.45, 7) is 0. The fraction of sp³-hybridized carbons (Fsp3) is 0.0588. The van der Waals surface area contributed by atoms with Gasteiger partial charge in [-0.1, -0.05) is 24.3 Å². The molecule has 4 nitrogen and oxygen atoms in total. The summed E-state index contributed by atoms with van der Waals surface area (Å²) >= 11 is 0. The number of hydrogen-bond acceptors (Lipinski definition) is 3. The Morgan fingerprint density at radius 1 is 1.14 bits per heavy atom. The van der Waals surface area contributed by atoms with Gasteiger partial charge in [-0.3, -0.25) is 4.79 Å². The molecule has 2 aromatic rings. The molecule has 0 aliphatic carbocycles. The fourth-order valence-corrected chi connectivity index (χ4v) is 1.80. The van der Waals surface area contributed by atoms with Gasteiger partial charge in [0, 0.05) is 17.3 Å². The molecule has 0 heterocycles. The van der Waals surface area contributed by atoms with Crippen LogP contribution in [0.25, 0.3) is 6.08 Å². The summed E-state index contributed by atoms with van der Waals surface area (Å²) in [6, 6.07) is 12.5. The van der Waals surface area contributed by atoms with Gasteiger partial charge >= 0.3 is 5.97 Å². The van der Waals surface area contributed by atoms with Gasteiger partial charge in [-0.05, 0) is 30.3 Å². The van der Waals surface area contributed by atoms with E-state index in [0.29, 0.717) is 16.8 Å². The number of benzene rings is 2. The molecule has 0 saturated carbocycles. The van der Waals surface area contributed by atoms with Crippen molar-refractivity contribution in [2.45, 2.75) is 0 Å². The van der Waals surface area contributed by atoms with Crippen LogP contribution in [-0.4, -0.2) is 19.0 Å². The molecule has 0 atom stereocenters. The Morgan fingerprint density at radius 2 is 1.91 bits per heavy atom. The summed E-state index contributed by atoms with van der Waals surface area (Å²) in [4.78, 5) is 23.2. The molecule has 0 unspecified atom stereocenters. The normalized spacial score (nSPS) is 10.5. The molecule has 0 aromatic heterocycles. The first-order chi connectivity index (χ1) is 10.6. The minimum absolute atomic E-state index is 0.320. The van der Waals surface area contributed by atoms with Gasteiger partial charge in [0.25, 0.3) is 0 Å². The summed E-state index contributed by atoms with van der Waals surface area (Å²) in [5.74, 6) is -1.32. The van der Waals surface area contributed by atoms with E-state index in [1.165, 1.54) is 31.4 Å². The molecule has 0 fully saturated rings. The number of carbonyl (C=O) groups is 2. The van der Waals surface area contributed by atoms with Crippen LogP contribution < -0.4 is 5.32 Å². The van der Waals surface area contributed by atoms with E-state index in [1.807, 2.05) is 0 Å². The lowest BCUT2D eigenvalue weighted by Gasteiger charge is -2.04. The Morgan fingerprint density at radius 3 is 2.64 bits per heavy atom. The van der Waals surface area contributed by atoms with Gasteiger partial charge < -0.3 is 10.1 Å². The van der Waals surface area contributed by atoms with E-state index >= 15 is 0 Å². The van der Waals surface area contributed by atoms with Gasteiger partial charge in [0.1, 0.15) is 5.82 Å². The molecule has 0 bridgehead atoms. The average Bonchev–Trinajstić information content (AvgIpc) is 2.53. The predicted octanol–water partition coefficient (Wildman–Crippen LogP) is 3.26. The van der Waals surface area contributed by atoms with Crippen molar-refractivity contribution in [3.8, 4) is 0 Å². The lowest BCUT2D eigenvalue weighted by atomic mass is 10.2. The van der Waals surface area contributed by atoms with Crippen LogP contribution in [0, 0.1) is 5.82 Å². The second-order valence-electron chi connectivity index (χ2n) is 4.42. The first kappa shape index (κ1) is 15.4. The number of esters is 1. The van der Waals surface area contributed by atoms with Gasteiger partial charge in [-0.25, -0.2) is 9.18 Å². The van der Waals surface area contributed by atoms with Crippen LogP contribution in [0.5, 0.6) is 0 Å². The van der Waals surface area contributed by atoms with Gasteiger partial charge in [0.05, 0.1) is 12.7 Å². The first-order valence-corrected chi connectivity index (χ1v) is 6.52. The Bertz CT molecular complexity index is 725. The summed E-state index contributed by atoms with van der Waals surface area (Å²) < 4.78 is 18.0. The highest BCUT2D eigenvalue weighted by molar-refractivity contribution is 6.02. The quantitative estimate of drug-likeness (QED) is 0.696. The summed E-state index contributed by atoms with van der Waals surface area (Å²) in [7, 11) is 1.28. The smallest absolute Gasteiger partial charge is 0.337 e. The predicted molar refractivity (Wildman–Crippen MR) is 81.8 cm³/mol. The third kappa shape index (κ3) is 4.02. The molecule has 0 aliphatic rings. The second-order valence-corrected chi connectivity index (χ2v) is 4.42. The number of carbonyl (C=O) groups excluding carboxylic acids is 2. The molecule has 5 heteroatoms. The van der Waals surface area contributed by atoms with Crippen LogP contribution in [-0.2, 0) is 9.53 Å². The summed E-state index contributed by atoms with van der Waals surface area (Å²) in [5, 5.41) is 2.60. The van der Waals surface area contributed by atoms with E-state index < -0.39 is 17.7 Å². The van der Waals surface area contributed by atoms with Crippen LogP contribution in [0.1, 0.15) is 15.9 Å². The zero-order valence-electron chi connectivity index (χ0n) is 11.9. The fourth-order valence-electron chi connectivity index (χ4n) is 1.80. The van der Waals surface area contributed by atoms with E-state index in [0.717, 1.165) is 0 Å². The molecule has 2 aromatic carbocycles. The largest absolute Gasteiger partial charge is 0.465 e. The van der Waals surface area contributed by atoms with E-state index in [9.17, 15) is 14.0 Å². The van der Waals surface area contributed by atoms with Crippen LogP contribution in [0.3, 0.4) is 0 Å². The average molecular weight is 299 g/mol. The second kappa shape index (κ2) is 7.17. The number of amides is 1. The summed E-state index contributed by atoms with van der Waals surface area (Å²) in [6.07, 6.45) is 2.61. The maximum atomic E-state index is 13.4. The molecular weight excluding hydrogens is 285 g/mol. The van der Waals surface area contributed by atoms with Crippen molar-refractivity contribution in [1.82, 2.24) is 0 Å². The summed E-state index contributed by atoms with van der Waals surface area (Å²) in [5.41, 5.74) is 1.10. The van der Waals surface area contributed by atoms with Gasteiger partial charge in [0.2, 0.25) is 5.91 Å². The van der Waals surface area contributed by atoms with Crippen molar-refractivity contribution in [2.24, 2.45) is 0 Å². The number of ether oxygens (including phenoxy) is 1. The molecule has 112 valence electrons. The van der Waals surface area contributed by atoms with Crippen LogP contribution in [0.15, 0.2) is 54.6 Å². The molecule has 22 heavy (non-hydrogen) atoms. The third-order valence-corrected chi connectivity index (χ3v) is 2.87. The number of anilines is 1. The maximum absolute atomic E-state index is 13.4. The Labute approximate surface area is 127 Å². The van der Waals surface area contributed by atoms with Gasteiger partial charge in [-0.15, -0.1) is 0 Å². The highest BCUT2D eigenvalue weighted by atomic mass is 19.1. The lowest BCUT2D eigenvalue weighted by molar-refractivity contribution is -0.111. The van der Waals surface area contributed by atoms with Crippen molar-refractivity contribution in [1.29, 1.82) is 0 Å². The Balaban J connectivity index is 2.06. The highest BCUT2D eigenvalue weighted by Gasteiger charge is 2.06. The Hall–Kier alpha value is -2.95. The van der Waals surface area contributed by atoms with Crippen molar-refractivity contribution < 1.29 is 18.7 Å². The Kier molecular flexibility index (Phi) is 5.03. The number of hydrogen-bond donors (Lipinski definition) is 1. The number of nitrogens with one attached hydrogen (secondary N) is 1. The number of methoxy groups -OCH3 is 1. The van der Waals surface area contributed by atoms with E-state index in [1.54, 1.807) is 36.4 Å². The van der Waals surface area contributed by atoms with E-state index in [4.69, 9.17) is 0 Å². The molecule has 0 radical (unpaired) electrons. The topological polar surface area (TPSA) is 55.4 Å². The van der Waals surface area contributed by atoms with E-state index in [2.05, 4.69) is 10.1 Å². The zero-order chi connectivity index (χ0) is 15.9. The number of rotatable bonds is 4. The maximum Gasteiger partial charge on any atom is 0.337 e. The SMILES string of the molecule is COC(=O)c1cccc(NC(=O)/C=C/c2ccccc2F)c1. The minimum atomic E-state index is -0.488. The standard InChI is InChI=1S/C17H14FNO3/c1-22-17(21)13-6-4-7-14(11-13)19-16(20)10-9-12-5-2-3-8-15(12)18/h2-11H,1H3,(H,19,20)/b10-9+. The lowest BCUT2D eigenvalue weighted by Crippen LogP contribution is -2.09. The molecule has 2 rings (SSSR count). The molecule has 0 aliphatic heterocycles. The number of halogens is 1. The van der Waals surface area contributed by atoms with Crippen LogP contribution >= 0.6 is 0 Å². The molecule has 1 N–H and O–H groups in total. The van der Waals surface area contributed by atoms with Gasteiger partial charge in [-0.2, -0.15) is 0 Å². The monoisotopic (exact) mass is 299 g/mol. The zero-order valence-corrected chi connectivity index (χ0v) is 11.9. The molecule has 0 saturated heterocycles. The first-order valence-electron chi connectivity index (χ1n) is 6.52.